The van der Waals surface area contributed by atoms with E-state index in [0.29, 0.717) is 0 Å². The molecular weight excluding hydrogens is 423 g/mol. The molecule has 0 aromatic heterocycles. The molecule has 5 heteroatoms. The van der Waals surface area contributed by atoms with E-state index >= 15 is 0 Å². The second-order valence-corrected chi connectivity index (χ2v) is 6.41. The third kappa shape index (κ3) is 10.7. The average molecular weight is 460 g/mol. The summed E-state index contributed by atoms with van der Waals surface area (Å²) in [4.78, 5) is 6.77. The van der Waals surface area contributed by atoms with Crippen LogP contribution >= 0.6 is 24.0 Å². The lowest BCUT2D eigenvalue weighted by Crippen LogP contribution is -2.39. The van der Waals surface area contributed by atoms with Crippen molar-refractivity contribution >= 4 is 29.9 Å². The first kappa shape index (κ1) is 24.2. The van der Waals surface area contributed by atoms with E-state index in [1.165, 1.54) is 36.1 Å². The van der Waals surface area contributed by atoms with Crippen LogP contribution in [0.2, 0.25) is 0 Å². The summed E-state index contributed by atoms with van der Waals surface area (Å²) in [7, 11) is 1.84. The maximum atomic E-state index is 4.30. The largest absolute Gasteiger partial charge is 0.356 e. The van der Waals surface area contributed by atoms with Crippen molar-refractivity contribution in [2.45, 2.75) is 47.0 Å². The topological polar surface area (TPSA) is 39.7 Å². The summed E-state index contributed by atoms with van der Waals surface area (Å²) in [5.74, 6) is 0.905. The standard InChI is InChI=1S/C20H36N4.HI/c1-6-24(7-2)13-9-8-11-22-20(21-5)23-12-10-19-15-17(3)14-18(4)16-19;/h14-16H,6-13H2,1-5H3,(H2,21,22,23);1H. The molecule has 0 aliphatic heterocycles. The van der Waals surface area contributed by atoms with Gasteiger partial charge in [-0.15, -0.1) is 24.0 Å². The Kier molecular flexibility index (Phi) is 13.9. The first-order chi connectivity index (χ1) is 11.6. The van der Waals surface area contributed by atoms with Gasteiger partial charge in [0.1, 0.15) is 0 Å². The van der Waals surface area contributed by atoms with Gasteiger partial charge < -0.3 is 15.5 Å². The maximum Gasteiger partial charge on any atom is 0.190 e. The Morgan fingerprint density at radius 1 is 0.960 bits per heavy atom. The van der Waals surface area contributed by atoms with Crippen molar-refractivity contribution in [3.63, 3.8) is 0 Å². The number of guanidine groups is 1. The van der Waals surface area contributed by atoms with Gasteiger partial charge in [-0.05, 0) is 58.3 Å². The fourth-order valence-electron chi connectivity index (χ4n) is 2.97. The highest BCUT2D eigenvalue weighted by atomic mass is 127. The maximum absolute atomic E-state index is 4.30. The van der Waals surface area contributed by atoms with E-state index in [1.807, 2.05) is 7.05 Å². The van der Waals surface area contributed by atoms with Gasteiger partial charge in [-0.25, -0.2) is 0 Å². The Morgan fingerprint density at radius 3 is 2.12 bits per heavy atom. The van der Waals surface area contributed by atoms with Crippen molar-refractivity contribution in [2.75, 3.05) is 39.8 Å². The molecule has 25 heavy (non-hydrogen) atoms. The van der Waals surface area contributed by atoms with Gasteiger partial charge in [-0.3, -0.25) is 4.99 Å². The van der Waals surface area contributed by atoms with E-state index in [-0.39, 0.29) is 24.0 Å². The highest BCUT2D eigenvalue weighted by Crippen LogP contribution is 2.08. The van der Waals surface area contributed by atoms with Gasteiger partial charge in [-0.2, -0.15) is 0 Å². The van der Waals surface area contributed by atoms with E-state index in [2.05, 4.69) is 66.4 Å². The van der Waals surface area contributed by atoms with Crippen LogP contribution in [0.4, 0.5) is 0 Å². The smallest absolute Gasteiger partial charge is 0.190 e. The first-order valence-corrected chi connectivity index (χ1v) is 9.33. The molecule has 0 radical (unpaired) electrons. The fraction of sp³-hybridized carbons (Fsp3) is 0.650. The molecular formula is C20H37IN4. The van der Waals surface area contributed by atoms with Crippen molar-refractivity contribution in [2.24, 2.45) is 4.99 Å². The fourth-order valence-corrected chi connectivity index (χ4v) is 2.97. The van der Waals surface area contributed by atoms with E-state index in [1.54, 1.807) is 0 Å². The minimum Gasteiger partial charge on any atom is -0.356 e. The molecule has 0 aliphatic carbocycles. The lowest BCUT2D eigenvalue weighted by atomic mass is 10.1. The number of halogens is 1. The number of benzene rings is 1. The van der Waals surface area contributed by atoms with Gasteiger partial charge in [0.25, 0.3) is 0 Å². The molecule has 0 atom stereocenters. The van der Waals surface area contributed by atoms with Crippen LogP contribution < -0.4 is 10.6 Å². The molecule has 4 nitrogen and oxygen atoms in total. The minimum atomic E-state index is 0. The van der Waals surface area contributed by atoms with E-state index in [9.17, 15) is 0 Å². The van der Waals surface area contributed by atoms with Crippen LogP contribution in [0.3, 0.4) is 0 Å². The third-order valence-corrected chi connectivity index (χ3v) is 4.30. The normalized spacial score (nSPS) is 11.4. The van der Waals surface area contributed by atoms with Crippen LogP contribution in [0, 0.1) is 13.8 Å². The zero-order valence-corrected chi connectivity index (χ0v) is 19.0. The summed E-state index contributed by atoms with van der Waals surface area (Å²) < 4.78 is 0. The molecule has 0 amide bonds. The molecule has 0 saturated heterocycles. The molecule has 0 fully saturated rings. The van der Waals surface area contributed by atoms with Gasteiger partial charge in [0.05, 0.1) is 0 Å². The summed E-state index contributed by atoms with van der Waals surface area (Å²) in [5.41, 5.74) is 4.05. The highest BCUT2D eigenvalue weighted by Gasteiger charge is 2.01. The van der Waals surface area contributed by atoms with E-state index in [0.717, 1.165) is 38.6 Å². The molecule has 1 aromatic carbocycles. The van der Waals surface area contributed by atoms with Gasteiger partial charge in [0, 0.05) is 20.1 Å². The van der Waals surface area contributed by atoms with Crippen molar-refractivity contribution in [1.29, 1.82) is 0 Å². The molecule has 2 N–H and O–H groups in total. The van der Waals surface area contributed by atoms with Gasteiger partial charge in [0.15, 0.2) is 5.96 Å². The van der Waals surface area contributed by atoms with Gasteiger partial charge >= 0.3 is 0 Å². The van der Waals surface area contributed by atoms with Gasteiger partial charge in [-0.1, -0.05) is 43.2 Å². The highest BCUT2D eigenvalue weighted by molar-refractivity contribution is 14.0. The number of nitrogens with zero attached hydrogens (tertiary/aromatic N) is 2. The van der Waals surface area contributed by atoms with Crippen LogP contribution in [0.5, 0.6) is 0 Å². The van der Waals surface area contributed by atoms with E-state index < -0.39 is 0 Å². The molecule has 1 rings (SSSR count). The minimum absolute atomic E-state index is 0. The average Bonchev–Trinajstić information content (AvgIpc) is 2.55. The molecule has 0 unspecified atom stereocenters. The van der Waals surface area contributed by atoms with Crippen LogP contribution in [-0.2, 0) is 6.42 Å². The van der Waals surface area contributed by atoms with Crippen LogP contribution in [0.15, 0.2) is 23.2 Å². The number of rotatable bonds is 10. The van der Waals surface area contributed by atoms with Crippen molar-refractivity contribution in [1.82, 2.24) is 15.5 Å². The Bertz CT molecular complexity index is 478. The number of hydrogen-bond donors (Lipinski definition) is 2. The first-order valence-electron chi connectivity index (χ1n) is 9.33. The molecule has 1 aromatic rings. The van der Waals surface area contributed by atoms with Crippen molar-refractivity contribution in [3.05, 3.63) is 34.9 Å². The zero-order valence-electron chi connectivity index (χ0n) is 16.7. The number of aliphatic imine (C=N–C) groups is 1. The Hall–Kier alpha value is -0.820. The summed E-state index contributed by atoms with van der Waals surface area (Å²) in [6.45, 7) is 14.1. The second kappa shape index (κ2) is 14.4. The number of nitrogens with one attached hydrogen (secondary N) is 2. The Labute approximate surface area is 171 Å². The molecule has 0 heterocycles. The molecule has 0 spiro atoms. The predicted octanol–water partition coefficient (Wildman–Crippen LogP) is 3.75. The number of aryl methyl sites for hydroxylation is 2. The second-order valence-electron chi connectivity index (χ2n) is 6.41. The van der Waals surface area contributed by atoms with Crippen LogP contribution in [-0.4, -0.2) is 50.6 Å². The predicted molar refractivity (Wildman–Crippen MR) is 121 cm³/mol. The van der Waals surface area contributed by atoms with Crippen molar-refractivity contribution in [3.8, 4) is 0 Å². The summed E-state index contributed by atoms with van der Waals surface area (Å²) >= 11 is 0. The molecule has 144 valence electrons. The van der Waals surface area contributed by atoms with Crippen molar-refractivity contribution < 1.29 is 0 Å². The summed E-state index contributed by atoms with van der Waals surface area (Å²) in [6, 6.07) is 6.74. The lowest BCUT2D eigenvalue weighted by Gasteiger charge is -2.18. The third-order valence-electron chi connectivity index (χ3n) is 4.30. The molecule has 0 saturated carbocycles. The zero-order chi connectivity index (χ0) is 17.8. The molecule has 0 aliphatic rings. The monoisotopic (exact) mass is 460 g/mol. The number of hydrogen-bond acceptors (Lipinski definition) is 2. The lowest BCUT2D eigenvalue weighted by molar-refractivity contribution is 0.297. The number of unbranched alkanes of at least 4 members (excludes halogenated alkanes) is 1. The summed E-state index contributed by atoms with van der Waals surface area (Å²) in [6.07, 6.45) is 3.42. The quantitative estimate of drug-likeness (QED) is 0.242. The Morgan fingerprint density at radius 2 is 1.56 bits per heavy atom. The van der Waals surface area contributed by atoms with Crippen LogP contribution in [0.1, 0.15) is 43.4 Å². The van der Waals surface area contributed by atoms with E-state index in [4.69, 9.17) is 0 Å². The SMILES string of the molecule is CCN(CC)CCCCNC(=NC)NCCc1cc(C)cc(C)c1.I. The summed E-state index contributed by atoms with van der Waals surface area (Å²) in [5, 5.41) is 6.82. The van der Waals surface area contributed by atoms with Crippen LogP contribution in [0.25, 0.3) is 0 Å². The molecule has 0 bridgehead atoms. The Balaban J connectivity index is 0.00000576. The van der Waals surface area contributed by atoms with Gasteiger partial charge in [0.2, 0.25) is 0 Å².